The zero-order valence-electron chi connectivity index (χ0n) is 17.4. The normalized spacial score (nSPS) is 21.2. The van der Waals surface area contributed by atoms with Gasteiger partial charge in [0.25, 0.3) is 0 Å². The molecule has 2 aromatic rings. The molecule has 2 aliphatic rings. The van der Waals surface area contributed by atoms with E-state index < -0.39 is 0 Å². The summed E-state index contributed by atoms with van der Waals surface area (Å²) in [6.07, 6.45) is 5.94. The minimum absolute atomic E-state index is 0.00368. The molecule has 3 heterocycles. The van der Waals surface area contributed by atoms with Crippen molar-refractivity contribution in [1.82, 2.24) is 15.5 Å². The highest BCUT2D eigenvalue weighted by Gasteiger charge is 2.34. The number of nitrogens with one attached hydrogen (secondary N) is 2. The van der Waals surface area contributed by atoms with Crippen LogP contribution in [0.1, 0.15) is 36.1 Å². The number of benzene rings is 1. The van der Waals surface area contributed by atoms with Crippen LogP contribution in [-0.2, 0) is 16.1 Å². The Bertz CT molecular complexity index is 916. The van der Waals surface area contributed by atoms with Gasteiger partial charge in [-0.2, -0.15) is 0 Å². The number of carbonyl (C=O) groups excluding carboxylic acids is 2. The van der Waals surface area contributed by atoms with Crippen molar-refractivity contribution in [3.05, 3.63) is 65.6 Å². The van der Waals surface area contributed by atoms with Gasteiger partial charge in [-0.3, -0.25) is 9.59 Å². The first-order valence-electron chi connectivity index (χ1n) is 10.7. The lowest BCUT2D eigenvalue weighted by molar-refractivity contribution is -0.129. The standard InChI is InChI=1S/C24H29N3O3/c1-17-5-2-3-7-22(17)18(8-9-20-14-26-20)10-11-25-24(29)19-13-23(28)27(15-19)16-21-6-4-12-30-21/h2-8,12,19-20,26H,9-11,13-16H2,1H3,(H,25,29)/b18-8-. The lowest BCUT2D eigenvalue weighted by atomic mass is 9.96. The number of hydrogen-bond donors (Lipinski definition) is 2. The van der Waals surface area contributed by atoms with Gasteiger partial charge in [0.05, 0.1) is 18.7 Å². The lowest BCUT2D eigenvalue weighted by Crippen LogP contribution is -2.33. The first kappa shape index (κ1) is 20.4. The summed E-state index contributed by atoms with van der Waals surface area (Å²) < 4.78 is 5.32. The van der Waals surface area contributed by atoms with Crippen LogP contribution >= 0.6 is 0 Å². The van der Waals surface area contributed by atoms with Crippen LogP contribution in [0.25, 0.3) is 5.57 Å². The molecule has 6 nitrogen and oxygen atoms in total. The van der Waals surface area contributed by atoms with Crippen LogP contribution < -0.4 is 10.6 Å². The van der Waals surface area contributed by atoms with Crippen LogP contribution in [0.15, 0.2) is 53.2 Å². The van der Waals surface area contributed by atoms with Crippen LogP contribution in [0.5, 0.6) is 0 Å². The van der Waals surface area contributed by atoms with E-state index in [-0.39, 0.29) is 24.2 Å². The first-order valence-corrected chi connectivity index (χ1v) is 10.7. The molecule has 158 valence electrons. The Labute approximate surface area is 177 Å². The van der Waals surface area contributed by atoms with Crippen molar-refractivity contribution in [3.8, 4) is 0 Å². The molecule has 4 rings (SSSR count). The van der Waals surface area contributed by atoms with Crippen molar-refractivity contribution in [2.45, 2.75) is 38.8 Å². The fourth-order valence-electron chi connectivity index (χ4n) is 3.97. The Morgan fingerprint density at radius 1 is 1.30 bits per heavy atom. The van der Waals surface area contributed by atoms with E-state index in [0.717, 1.165) is 25.1 Å². The molecule has 2 atom stereocenters. The van der Waals surface area contributed by atoms with Gasteiger partial charge in [0.1, 0.15) is 5.76 Å². The van der Waals surface area contributed by atoms with Crippen LogP contribution in [0, 0.1) is 12.8 Å². The minimum atomic E-state index is -0.297. The SMILES string of the molecule is Cc1ccccc1/C(=C\CC1CN1)CCNC(=O)C1CC(=O)N(Cc2ccco2)C1. The van der Waals surface area contributed by atoms with Crippen molar-refractivity contribution in [2.24, 2.45) is 5.92 Å². The summed E-state index contributed by atoms with van der Waals surface area (Å²) in [6, 6.07) is 12.6. The summed E-state index contributed by atoms with van der Waals surface area (Å²) >= 11 is 0. The van der Waals surface area contributed by atoms with E-state index in [2.05, 4.69) is 41.8 Å². The molecule has 0 spiro atoms. The molecule has 2 saturated heterocycles. The molecule has 2 aliphatic heterocycles. The van der Waals surface area contributed by atoms with Crippen molar-refractivity contribution in [2.75, 3.05) is 19.6 Å². The number of likely N-dealkylation sites (tertiary alicyclic amines) is 1. The van der Waals surface area contributed by atoms with Gasteiger partial charge in [-0.05, 0) is 48.6 Å². The van der Waals surface area contributed by atoms with E-state index in [0.29, 0.717) is 25.7 Å². The molecule has 1 aromatic heterocycles. The third-order valence-electron chi connectivity index (χ3n) is 5.84. The Morgan fingerprint density at radius 3 is 2.87 bits per heavy atom. The average Bonchev–Trinajstić information content (AvgIpc) is 3.29. The van der Waals surface area contributed by atoms with Gasteiger partial charge in [0.2, 0.25) is 11.8 Å². The fraction of sp³-hybridized carbons (Fsp3) is 0.417. The highest BCUT2D eigenvalue weighted by atomic mass is 16.3. The number of hydrogen-bond acceptors (Lipinski definition) is 4. The fourth-order valence-corrected chi connectivity index (χ4v) is 3.97. The topological polar surface area (TPSA) is 84.5 Å². The van der Waals surface area contributed by atoms with Gasteiger partial charge in [-0.25, -0.2) is 0 Å². The predicted molar refractivity (Wildman–Crippen MR) is 115 cm³/mol. The van der Waals surface area contributed by atoms with Gasteiger partial charge in [0, 0.05) is 32.1 Å². The summed E-state index contributed by atoms with van der Waals surface area (Å²) in [4.78, 5) is 26.6. The molecule has 2 unspecified atom stereocenters. The van der Waals surface area contributed by atoms with Gasteiger partial charge in [-0.15, -0.1) is 0 Å². The molecule has 2 N–H and O–H groups in total. The minimum Gasteiger partial charge on any atom is -0.467 e. The van der Waals surface area contributed by atoms with Crippen molar-refractivity contribution in [3.63, 3.8) is 0 Å². The Kier molecular flexibility index (Phi) is 6.33. The maximum atomic E-state index is 12.7. The first-order chi connectivity index (χ1) is 14.6. The predicted octanol–water partition coefficient (Wildman–Crippen LogP) is 2.89. The zero-order chi connectivity index (χ0) is 20.9. The van der Waals surface area contributed by atoms with Gasteiger partial charge >= 0.3 is 0 Å². The van der Waals surface area contributed by atoms with E-state index in [1.54, 1.807) is 17.2 Å². The van der Waals surface area contributed by atoms with E-state index in [1.807, 2.05) is 12.1 Å². The summed E-state index contributed by atoms with van der Waals surface area (Å²) in [5.41, 5.74) is 3.76. The number of furan rings is 1. The third-order valence-corrected chi connectivity index (χ3v) is 5.84. The number of amides is 2. The largest absolute Gasteiger partial charge is 0.467 e. The van der Waals surface area contributed by atoms with Gasteiger partial charge < -0.3 is 20.0 Å². The van der Waals surface area contributed by atoms with E-state index in [4.69, 9.17) is 4.42 Å². The second kappa shape index (κ2) is 9.30. The van der Waals surface area contributed by atoms with Gasteiger partial charge in [0.15, 0.2) is 0 Å². The molecule has 6 heteroatoms. The molecule has 0 radical (unpaired) electrons. The average molecular weight is 408 g/mol. The van der Waals surface area contributed by atoms with Crippen LogP contribution in [-0.4, -0.2) is 42.4 Å². The molecule has 1 aromatic carbocycles. The summed E-state index contributed by atoms with van der Waals surface area (Å²) in [5.74, 6) is 0.402. The highest BCUT2D eigenvalue weighted by Crippen LogP contribution is 2.24. The molecule has 2 amide bonds. The van der Waals surface area contributed by atoms with E-state index in [9.17, 15) is 9.59 Å². The van der Waals surface area contributed by atoms with E-state index in [1.165, 1.54) is 16.7 Å². The maximum absolute atomic E-state index is 12.7. The third kappa shape index (κ3) is 5.19. The molecule has 0 saturated carbocycles. The number of carbonyl (C=O) groups is 2. The molecule has 2 fully saturated rings. The summed E-state index contributed by atoms with van der Waals surface area (Å²) in [7, 11) is 0. The molecular formula is C24H29N3O3. The van der Waals surface area contributed by atoms with Crippen LogP contribution in [0.2, 0.25) is 0 Å². The molecule has 30 heavy (non-hydrogen) atoms. The summed E-state index contributed by atoms with van der Waals surface area (Å²) in [5, 5.41) is 6.38. The van der Waals surface area contributed by atoms with Crippen molar-refractivity contribution >= 4 is 17.4 Å². The second-order valence-electron chi connectivity index (χ2n) is 8.18. The smallest absolute Gasteiger partial charge is 0.225 e. The second-order valence-corrected chi connectivity index (χ2v) is 8.18. The Hall–Kier alpha value is -2.86. The van der Waals surface area contributed by atoms with Gasteiger partial charge in [-0.1, -0.05) is 30.3 Å². The van der Waals surface area contributed by atoms with Crippen LogP contribution in [0.4, 0.5) is 0 Å². The van der Waals surface area contributed by atoms with E-state index >= 15 is 0 Å². The Balaban J connectivity index is 1.30. The maximum Gasteiger partial charge on any atom is 0.225 e. The zero-order valence-corrected chi connectivity index (χ0v) is 17.4. The number of nitrogens with zero attached hydrogens (tertiary/aromatic N) is 1. The monoisotopic (exact) mass is 407 g/mol. The molecule has 0 aliphatic carbocycles. The highest BCUT2D eigenvalue weighted by molar-refractivity contribution is 5.89. The summed E-state index contributed by atoms with van der Waals surface area (Å²) in [6.45, 7) is 4.64. The lowest BCUT2D eigenvalue weighted by Gasteiger charge is -2.16. The van der Waals surface area contributed by atoms with Crippen LogP contribution in [0.3, 0.4) is 0 Å². The van der Waals surface area contributed by atoms with Crippen molar-refractivity contribution < 1.29 is 14.0 Å². The molecule has 0 bridgehead atoms. The number of rotatable bonds is 9. The quantitative estimate of drug-likeness (QED) is 0.626. The Morgan fingerprint density at radius 2 is 2.13 bits per heavy atom. The molecular weight excluding hydrogens is 378 g/mol. The number of aryl methyl sites for hydroxylation is 1. The van der Waals surface area contributed by atoms with Crippen molar-refractivity contribution in [1.29, 1.82) is 0 Å².